The third-order valence-electron chi connectivity index (χ3n) is 3.64. The van der Waals surface area contributed by atoms with Gasteiger partial charge in [0.15, 0.2) is 17.6 Å². The van der Waals surface area contributed by atoms with Crippen molar-refractivity contribution in [2.75, 3.05) is 33.9 Å². The molecule has 0 atom stereocenters. The van der Waals surface area contributed by atoms with E-state index in [9.17, 15) is 8.78 Å². The van der Waals surface area contributed by atoms with Crippen LogP contribution < -0.4 is 20.1 Å². The van der Waals surface area contributed by atoms with Gasteiger partial charge in [-0.05, 0) is 36.2 Å². The van der Waals surface area contributed by atoms with Crippen LogP contribution in [-0.2, 0) is 6.42 Å². The highest BCUT2D eigenvalue weighted by Gasteiger charge is 2.03. The monoisotopic (exact) mass is 491 g/mol. The predicted molar refractivity (Wildman–Crippen MR) is 113 cm³/mol. The van der Waals surface area contributed by atoms with Crippen molar-refractivity contribution in [2.24, 2.45) is 4.99 Å². The third kappa shape index (κ3) is 7.98. The zero-order chi connectivity index (χ0) is 18.8. The number of halogens is 3. The number of hydrogen-bond acceptors (Lipinski definition) is 3. The molecule has 2 N–H and O–H groups in total. The van der Waals surface area contributed by atoms with E-state index in [1.807, 2.05) is 24.3 Å². The van der Waals surface area contributed by atoms with Crippen LogP contribution in [0, 0.1) is 11.6 Å². The van der Waals surface area contributed by atoms with Crippen LogP contribution in [0.1, 0.15) is 5.56 Å². The SMILES string of the molecule is CN=C(NCCOc1ccc(F)c(F)c1)NCCc1ccc(OC)cc1.I. The number of benzene rings is 2. The van der Waals surface area contributed by atoms with Crippen LogP contribution in [0.4, 0.5) is 8.78 Å². The summed E-state index contributed by atoms with van der Waals surface area (Å²) in [6.45, 7) is 1.49. The number of ether oxygens (including phenoxy) is 2. The van der Waals surface area contributed by atoms with Crippen LogP contribution in [0.5, 0.6) is 11.5 Å². The minimum Gasteiger partial charge on any atom is -0.497 e. The van der Waals surface area contributed by atoms with Gasteiger partial charge in [0.25, 0.3) is 0 Å². The lowest BCUT2D eigenvalue weighted by molar-refractivity contribution is 0.318. The molecule has 0 heterocycles. The summed E-state index contributed by atoms with van der Waals surface area (Å²) in [7, 11) is 3.32. The van der Waals surface area contributed by atoms with Crippen molar-refractivity contribution in [2.45, 2.75) is 6.42 Å². The first kappa shape index (κ1) is 22.9. The lowest BCUT2D eigenvalue weighted by Gasteiger charge is -2.13. The molecule has 0 aliphatic heterocycles. The lowest BCUT2D eigenvalue weighted by Crippen LogP contribution is -2.40. The fraction of sp³-hybridized carbons (Fsp3) is 0.316. The van der Waals surface area contributed by atoms with Crippen LogP contribution in [0.3, 0.4) is 0 Å². The first-order valence-electron chi connectivity index (χ1n) is 8.27. The summed E-state index contributed by atoms with van der Waals surface area (Å²) in [5, 5.41) is 6.30. The third-order valence-corrected chi connectivity index (χ3v) is 3.64. The quantitative estimate of drug-likeness (QED) is 0.258. The zero-order valence-electron chi connectivity index (χ0n) is 15.3. The average Bonchev–Trinajstić information content (AvgIpc) is 2.67. The normalized spacial score (nSPS) is 10.7. The molecular weight excluding hydrogens is 467 g/mol. The second-order valence-electron chi connectivity index (χ2n) is 5.45. The predicted octanol–water partition coefficient (Wildman–Crippen LogP) is 3.38. The van der Waals surface area contributed by atoms with Crippen molar-refractivity contribution < 1.29 is 18.3 Å². The first-order chi connectivity index (χ1) is 12.6. The number of aliphatic imine (C=N–C) groups is 1. The van der Waals surface area contributed by atoms with E-state index in [1.54, 1.807) is 14.2 Å². The molecule has 0 amide bonds. The van der Waals surface area contributed by atoms with Gasteiger partial charge in [-0.2, -0.15) is 0 Å². The van der Waals surface area contributed by atoms with Gasteiger partial charge in [0.1, 0.15) is 18.1 Å². The number of nitrogens with one attached hydrogen (secondary N) is 2. The molecule has 0 fully saturated rings. The maximum Gasteiger partial charge on any atom is 0.191 e. The van der Waals surface area contributed by atoms with Gasteiger partial charge in [0.2, 0.25) is 0 Å². The van der Waals surface area contributed by atoms with E-state index >= 15 is 0 Å². The summed E-state index contributed by atoms with van der Waals surface area (Å²) in [4.78, 5) is 4.13. The molecule has 8 heteroatoms. The summed E-state index contributed by atoms with van der Waals surface area (Å²) in [6.07, 6.45) is 0.843. The Bertz CT molecular complexity index is 727. The molecule has 5 nitrogen and oxygen atoms in total. The number of hydrogen-bond donors (Lipinski definition) is 2. The molecule has 0 saturated heterocycles. The van der Waals surface area contributed by atoms with Crippen molar-refractivity contribution in [3.63, 3.8) is 0 Å². The fourth-order valence-corrected chi connectivity index (χ4v) is 2.24. The highest BCUT2D eigenvalue weighted by molar-refractivity contribution is 14.0. The van der Waals surface area contributed by atoms with Gasteiger partial charge in [0, 0.05) is 19.7 Å². The molecule has 2 aromatic carbocycles. The van der Waals surface area contributed by atoms with Gasteiger partial charge < -0.3 is 20.1 Å². The summed E-state index contributed by atoms with van der Waals surface area (Å²) in [5.41, 5.74) is 1.19. The maximum atomic E-state index is 13.1. The maximum absolute atomic E-state index is 13.1. The Balaban J connectivity index is 0.00000364. The molecule has 0 spiro atoms. The van der Waals surface area contributed by atoms with Crippen molar-refractivity contribution >= 4 is 29.9 Å². The molecule has 0 aliphatic rings. The highest BCUT2D eigenvalue weighted by Crippen LogP contribution is 2.15. The van der Waals surface area contributed by atoms with Gasteiger partial charge >= 0.3 is 0 Å². The van der Waals surface area contributed by atoms with E-state index < -0.39 is 11.6 Å². The molecule has 0 aromatic heterocycles. The summed E-state index contributed by atoms with van der Waals surface area (Å²) >= 11 is 0. The number of rotatable bonds is 8. The van der Waals surface area contributed by atoms with Gasteiger partial charge in [-0.25, -0.2) is 8.78 Å². The minimum absolute atomic E-state index is 0. The van der Waals surface area contributed by atoms with Crippen LogP contribution in [0.25, 0.3) is 0 Å². The van der Waals surface area contributed by atoms with Gasteiger partial charge in [-0.1, -0.05) is 12.1 Å². The molecule has 27 heavy (non-hydrogen) atoms. The van der Waals surface area contributed by atoms with E-state index in [0.29, 0.717) is 19.1 Å². The van der Waals surface area contributed by atoms with Crippen molar-refractivity contribution in [1.82, 2.24) is 10.6 Å². The van der Waals surface area contributed by atoms with E-state index in [2.05, 4.69) is 15.6 Å². The molecule has 148 valence electrons. The first-order valence-corrected chi connectivity index (χ1v) is 8.27. The smallest absolute Gasteiger partial charge is 0.191 e. The fourth-order valence-electron chi connectivity index (χ4n) is 2.24. The average molecular weight is 491 g/mol. The molecule has 0 radical (unpaired) electrons. The summed E-state index contributed by atoms with van der Waals surface area (Å²) in [6, 6.07) is 11.4. The number of guanidine groups is 1. The zero-order valence-corrected chi connectivity index (χ0v) is 17.6. The van der Waals surface area contributed by atoms with E-state index in [1.165, 1.54) is 11.6 Å². The molecule has 0 bridgehead atoms. The Morgan fingerprint density at radius 3 is 2.26 bits per heavy atom. The molecule has 0 saturated carbocycles. The summed E-state index contributed by atoms with van der Waals surface area (Å²) < 4.78 is 36.4. The molecular formula is C19H24F2IN3O2. The molecule has 2 aromatic rings. The minimum atomic E-state index is -0.925. The molecule has 0 unspecified atom stereocenters. The Kier molecular flexibility index (Phi) is 10.5. The molecule has 2 rings (SSSR count). The molecule has 0 aliphatic carbocycles. The van der Waals surface area contributed by atoms with Gasteiger partial charge in [-0.15, -0.1) is 24.0 Å². The topological polar surface area (TPSA) is 54.9 Å². The van der Waals surface area contributed by atoms with Crippen molar-refractivity contribution in [3.05, 3.63) is 59.7 Å². The number of methoxy groups -OCH3 is 1. The van der Waals surface area contributed by atoms with E-state index in [4.69, 9.17) is 9.47 Å². The van der Waals surface area contributed by atoms with E-state index in [-0.39, 0.29) is 29.7 Å². The number of nitrogens with zero attached hydrogens (tertiary/aromatic N) is 1. The van der Waals surface area contributed by atoms with Crippen LogP contribution in [0.2, 0.25) is 0 Å². The van der Waals surface area contributed by atoms with Gasteiger partial charge in [0.05, 0.1) is 13.7 Å². The van der Waals surface area contributed by atoms with E-state index in [0.717, 1.165) is 30.8 Å². The lowest BCUT2D eigenvalue weighted by atomic mass is 10.1. The second-order valence-corrected chi connectivity index (χ2v) is 5.45. The largest absolute Gasteiger partial charge is 0.497 e. The highest BCUT2D eigenvalue weighted by atomic mass is 127. The Morgan fingerprint density at radius 2 is 1.63 bits per heavy atom. The van der Waals surface area contributed by atoms with Crippen LogP contribution in [0.15, 0.2) is 47.5 Å². The van der Waals surface area contributed by atoms with Crippen LogP contribution in [-0.4, -0.2) is 39.8 Å². The summed E-state index contributed by atoms with van der Waals surface area (Å²) in [5.74, 6) is -0.0517. The van der Waals surface area contributed by atoms with Crippen molar-refractivity contribution in [3.8, 4) is 11.5 Å². The Morgan fingerprint density at radius 1 is 0.963 bits per heavy atom. The standard InChI is InChI=1S/C19H23F2N3O2.HI/c1-22-19(23-10-9-14-3-5-15(25-2)6-4-14)24-11-12-26-16-7-8-17(20)18(21)13-16;/h3-8,13H,9-12H2,1-2H3,(H2,22,23,24);1H. The van der Waals surface area contributed by atoms with Gasteiger partial charge in [-0.3, -0.25) is 4.99 Å². The Labute approximate surface area is 175 Å². The Hall–Kier alpha value is -2.10. The van der Waals surface area contributed by atoms with Crippen LogP contribution >= 0.6 is 24.0 Å². The van der Waals surface area contributed by atoms with Crippen molar-refractivity contribution in [1.29, 1.82) is 0 Å². The second kappa shape index (κ2) is 12.3.